The lowest BCUT2D eigenvalue weighted by Crippen LogP contribution is -2.31. The van der Waals surface area contributed by atoms with E-state index in [9.17, 15) is 0 Å². The predicted molar refractivity (Wildman–Crippen MR) is 71.2 cm³/mol. The molecule has 0 radical (unpaired) electrons. The summed E-state index contributed by atoms with van der Waals surface area (Å²) in [6.07, 6.45) is 2.37. The molecule has 0 amide bonds. The summed E-state index contributed by atoms with van der Waals surface area (Å²) in [6, 6.07) is 8.69. The molecule has 0 fully saturated rings. The number of hydrogen-bond acceptors (Lipinski definition) is 2. The number of likely N-dealkylation sites (N-methyl/N-ethyl adjacent to an activating group) is 1. The first kappa shape index (κ1) is 12.6. The Labute approximate surface area is 105 Å². The standard InChI is InChI=1S/C15H23NO/c1-15(2)14-9-5-4-7-13(14)8-6-10-16(3)11-12-17-15/h4-5,7,9H,6,8,10-12H2,1-3H3. The number of benzene rings is 1. The van der Waals surface area contributed by atoms with Crippen molar-refractivity contribution in [2.75, 3.05) is 26.7 Å². The highest BCUT2D eigenvalue weighted by atomic mass is 16.5. The van der Waals surface area contributed by atoms with Gasteiger partial charge < -0.3 is 9.64 Å². The molecule has 1 aromatic carbocycles. The van der Waals surface area contributed by atoms with E-state index in [2.05, 4.69) is 50.1 Å². The third-order valence-electron chi connectivity index (χ3n) is 3.59. The fourth-order valence-corrected chi connectivity index (χ4v) is 2.51. The van der Waals surface area contributed by atoms with E-state index in [1.165, 1.54) is 17.5 Å². The fraction of sp³-hybridized carbons (Fsp3) is 0.600. The van der Waals surface area contributed by atoms with Crippen LogP contribution in [-0.4, -0.2) is 31.6 Å². The van der Waals surface area contributed by atoms with Crippen LogP contribution in [0.3, 0.4) is 0 Å². The van der Waals surface area contributed by atoms with Crippen molar-refractivity contribution >= 4 is 0 Å². The number of nitrogens with zero attached hydrogens (tertiary/aromatic N) is 1. The fourth-order valence-electron chi connectivity index (χ4n) is 2.51. The van der Waals surface area contributed by atoms with Crippen LogP contribution >= 0.6 is 0 Å². The van der Waals surface area contributed by atoms with E-state index in [1.807, 2.05) is 0 Å². The Hall–Kier alpha value is -0.860. The van der Waals surface area contributed by atoms with Gasteiger partial charge >= 0.3 is 0 Å². The molecule has 2 heteroatoms. The Morgan fingerprint density at radius 2 is 1.94 bits per heavy atom. The van der Waals surface area contributed by atoms with Gasteiger partial charge in [0.15, 0.2) is 0 Å². The van der Waals surface area contributed by atoms with Gasteiger partial charge in [-0.2, -0.15) is 0 Å². The van der Waals surface area contributed by atoms with Crippen LogP contribution in [0.15, 0.2) is 24.3 Å². The monoisotopic (exact) mass is 233 g/mol. The predicted octanol–water partition coefficient (Wildman–Crippen LogP) is 2.82. The first-order valence-electron chi connectivity index (χ1n) is 6.50. The van der Waals surface area contributed by atoms with Crippen molar-refractivity contribution in [3.63, 3.8) is 0 Å². The molecule has 17 heavy (non-hydrogen) atoms. The van der Waals surface area contributed by atoms with E-state index in [-0.39, 0.29) is 5.60 Å². The molecule has 1 aromatic rings. The van der Waals surface area contributed by atoms with Crippen LogP contribution in [0.25, 0.3) is 0 Å². The first-order valence-corrected chi connectivity index (χ1v) is 6.50. The van der Waals surface area contributed by atoms with Crippen molar-refractivity contribution in [2.24, 2.45) is 0 Å². The van der Waals surface area contributed by atoms with Gasteiger partial charge in [0.25, 0.3) is 0 Å². The van der Waals surface area contributed by atoms with Gasteiger partial charge in [-0.15, -0.1) is 0 Å². The summed E-state index contributed by atoms with van der Waals surface area (Å²) in [5, 5.41) is 0. The lowest BCUT2D eigenvalue weighted by molar-refractivity contribution is -0.0303. The zero-order chi connectivity index (χ0) is 12.3. The zero-order valence-corrected chi connectivity index (χ0v) is 11.2. The van der Waals surface area contributed by atoms with Crippen LogP contribution in [-0.2, 0) is 16.8 Å². The maximum Gasteiger partial charge on any atom is 0.0878 e. The molecular formula is C15H23NO. The zero-order valence-electron chi connectivity index (χ0n) is 11.2. The molecule has 0 bridgehead atoms. The molecule has 0 saturated heterocycles. The molecule has 0 saturated carbocycles. The van der Waals surface area contributed by atoms with Gasteiger partial charge in [-0.1, -0.05) is 24.3 Å². The third-order valence-corrected chi connectivity index (χ3v) is 3.59. The number of rotatable bonds is 0. The Morgan fingerprint density at radius 3 is 2.76 bits per heavy atom. The third kappa shape index (κ3) is 3.08. The minimum absolute atomic E-state index is 0.172. The largest absolute Gasteiger partial charge is 0.370 e. The van der Waals surface area contributed by atoms with Gasteiger partial charge in [0.2, 0.25) is 0 Å². The van der Waals surface area contributed by atoms with Crippen molar-refractivity contribution in [1.29, 1.82) is 0 Å². The van der Waals surface area contributed by atoms with Crippen molar-refractivity contribution in [1.82, 2.24) is 4.90 Å². The van der Waals surface area contributed by atoms with E-state index in [0.717, 1.165) is 26.1 Å². The molecule has 0 unspecified atom stereocenters. The number of fused-ring (bicyclic) bond motifs is 1. The molecule has 0 aliphatic carbocycles. The maximum absolute atomic E-state index is 6.06. The van der Waals surface area contributed by atoms with E-state index in [4.69, 9.17) is 4.74 Å². The second-order valence-electron chi connectivity index (χ2n) is 5.42. The molecule has 0 aromatic heterocycles. The van der Waals surface area contributed by atoms with E-state index in [0.29, 0.717) is 0 Å². The normalized spacial score (nSPS) is 21.8. The minimum atomic E-state index is -0.172. The van der Waals surface area contributed by atoms with Gasteiger partial charge in [0.05, 0.1) is 12.2 Å². The summed E-state index contributed by atoms with van der Waals surface area (Å²) in [4.78, 5) is 2.35. The van der Waals surface area contributed by atoms with Crippen LogP contribution in [0.5, 0.6) is 0 Å². The molecule has 0 N–H and O–H groups in total. The summed E-state index contributed by atoms with van der Waals surface area (Å²) in [5.74, 6) is 0. The van der Waals surface area contributed by atoms with Crippen molar-refractivity contribution in [3.05, 3.63) is 35.4 Å². The second kappa shape index (κ2) is 5.19. The number of hydrogen-bond donors (Lipinski definition) is 0. The Balaban J connectivity index is 2.28. The summed E-state index contributed by atoms with van der Waals surface area (Å²) < 4.78 is 6.06. The van der Waals surface area contributed by atoms with E-state index >= 15 is 0 Å². The highest BCUT2D eigenvalue weighted by Gasteiger charge is 2.24. The Kier molecular flexibility index (Phi) is 3.85. The lowest BCUT2D eigenvalue weighted by Gasteiger charge is -2.31. The van der Waals surface area contributed by atoms with Crippen molar-refractivity contribution < 1.29 is 4.74 Å². The smallest absolute Gasteiger partial charge is 0.0878 e. The summed E-state index contributed by atoms with van der Waals surface area (Å²) in [6.45, 7) is 7.32. The molecule has 2 nitrogen and oxygen atoms in total. The van der Waals surface area contributed by atoms with E-state index < -0.39 is 0 Å². The van der Waals surface area contributed by atoms with Crippen LogP contribution in [0.1, 0.15) is 31.4 Å². The Bertz CT molecular complexity index is 373. The molecule has 1 heterocycles. The van der Waals surface area contributed by atoms with Gasteiger partial charge in [-0.3, -0.25) is 0 Å². The molecule has 1 aliphatic rings. The van der Waals surface area contributed by atoms with Crippen LogP contribution in [0.4, 0.5) is 0 Å². The topological polar surface area (TPSA) is 12.5 Å². The summed E-state index contributed by atoms with van der Waals surface area (Å²) in [7, 11) is 2.17. The van der Waals surface area contributed by atoms with Gasteiger partial charge in [-0.25, -0.2) is 0 Å². The average Bonchev–Trinajstić information content (AvgIpc) is 2.28. The van der Waals surface area contributed by atoms with Crippen LogP contribution < -0.4 is 0 Å². The van der Waals surface area contributed by atoms with Crippen LogP contribution in [0, 0.1) is 0 Å². The summed E-state index contributed by atoms with van der Waals surface area (Å²) in [5.41, 5.74) is 2.62. The minimum Gasteiger partial charge on any atom is -0.370 e. The lowest BCUT2D eigenvalue weighted by atomic mass is 9.90. The molecule has 1 aliphatic heterocycles. The van der Waals surface area contributed by atoms with Crippen molar-refractivity contribution in [3.8, 4) is 0 Å². The van der Waals surface area contributed by atoms with E-state index in [1.54, 1.807) is 0 Å². The molecule has 0 spiro atoms. The number of ether oxygens (including phenoxy) is 1. The van der Waals surface area contributed by atoms with Crippen LogP contribution in [0.2, 0.25) is 0 Å². The molecular weight excluding hydrogens is 210 g/mol. The molecule has 0 atom stereocenters. The number of aryl methyl sites for hydroxylation is 1. The van der Waals surface area contributed by atoms with Gasteiger partial charge in [-0.05, 0) is 51.4 Å². The quantitative estimate of drug-likeness (QED) is 0.683. The second-order valence-corrected chi connectivity index (χ2v) is 5.42. The van der Waals surface area contributed by atoms with Gasteiger partial charge in [0.1, 0.15) is 0 Å². The van der Waals surface area contributed by atoms with Gasteiger partial charge in [0, 0.05) is 6.54 Å². The highest BCUT2D eigenvalue weighted by molar-refractivity contribution is 5.32. The Morgan fingerprint density at radius 1 is 1.18 bits per heavy atom. The maximum atomic E-state index is 6.06. The molecule has 94 valence electrons. The highest BCUT2D eigenvalue weighted by Crippen LogP contribution is 2.29. The summed E-state index contributed by atoms with van der Waals surface area (Å²) >= 11 is 0. The first-order chi connectivity index (χ1) is 8.09. The average molecular weight is 233 g/mol. The molecule has 2 rings (SSSR count). The van der Waals surface area contributed by atoms with Crippen molar-refractivity contribution in [2.45, 2.75) is 32.3 Å². The SMILES string of the molecule is CN1CCCc2ccccc2C(C)(C)OCC1.